The molecule has 0 bridgehead atoms. The summed E-state index contributed by atoms with van der Waals surface area (Å²) >= 11 is 0. The molecule has 0 atom stereocenters. The fourth-order valence-corrected chi connectivity index (χ4v) is 2.65. The first kappa shape index (κ1) is 12.4. The first-order chi connectivity index (χ1) is 7.42. The van der Waals surface area contributed by atoms with Crippen LogP contribution < -0.4 is 4.74 Å². The van der Waals surface area contributed by atoms with Gasteiger partial charge in [-0.2, -0.15) is 8.42 Å². The maximum Gasteiger partial charge on any atom is 0.293 e. The molecule has 0 radical (unpaired) electrons. The van der Waals surface area contributed by atoms with Crippen molar-refractivity contribution in [3.05, 3.63) is 23.3 Å². The van der Waals surface area contributed by atoms with Crippen molar-refractivity contribution in [1.82, 2.24) is 0 Å². The van der Waals surface area contributed by atoms with Gasteiger partial charge in [-0.1, -0.05) is 4.40 Å². The van der Waals surface area contributed by atoms with E-state index in [4.69, 9.17) is 4.74 Å². The summed E-state index contributed by atoms with van der Waals surface area (Å²) in [5, 5.41) is 0. The van der Waals surface area contributed by atoms with Gasteiger partial charge < -0.3 is 4.74 Å². The number of hydrogen-bond donors (Lipinski definition) is 0. The second-order valence-corrected chi connectivity index (χ2v) is 4.79. The number of isocyanates is 1. The molecule has 0 unspecified atom stereocenters. The normalized spacial score (nSPS) is 10.7. The number of sulfonamides is 1. The summed E-state index contributed by atoms with van der Waals surface area (Å²) in [6.45, 7) is 3.23. The minimum absolute atomic E-state index is 0.0247. The number of hydrogen-bond acceptors (Lipinski definition) is 4. The summed E-state index contributed by atoms with van der Waals surface area (Å²) in [7, 11) is -2.46. The van der Waals surface area contributed by atoms with Gasteiger partial charge >= 0.3 is 0 Å². The van der Waals surface area contributed by atoms with E-state index >= 15 is 0 Å². The van der Waals surface area contributed by atoms with Crippen LogP contribution in [0.2, 0.25) is 0 Å². The van der Waals surface area contributed by atoms with Crippen LogP contribution in [-0.4, -0.2) is 21.6 Å². The topological polar surface area (TPSA) is 72.8 Å². The summed E-state index contributed by atoms with van der Waals surface area (Å²) in [6.07, 6.45) is 1.05. The van der Waals surface area contributed by atoms with Crippen molar-refractivity contribution in [2.24, 2.45) is 4.40 Å². The molecule has 1 rings (SSSR count). The molecule has 0 saturated heterocycles. The lowest BCUT2D eigenvalue weighted by atomic mass is 10.1. The van der Waals surface area contributed by atoms with Crippen LogP contribution in [0, 0.1) is 13.8 Å². The van der Waals surface area contributed by atoms with Crippen molar-refractivity contribution < 1.29 is 17.9 Å². The molecular weight excluding hydrogens is 230 g/mol. The largest absolute Gasteiger partial charge is 0.497 e. The molecule has 1 aromatic carbocycles. The average molecular weight is 241 g/mol. The monoisotopic (exact) mass is 241 g/mol. The molecule has 0 aliphatic heterocycles. The Balaban J connectivity index is 3.53. The van der Waals surface area contributed by atoms with Crippen LogP contribution in [0.15, 0.2) is 21.4 Å². The fraction of sp³-hybridized carbons (Fsp3) is 0.300. The summed E-state index contributed by atoms with van der Waals surface area (Å²) < 4.78 is 31.0. The Morgan fingerprint density at radius 1 is 1.25 bits per heavy atom. The first-order valence-electron chi connectivity index (χ1n) is 4.41. The van der Waals surface area contributed by atoms with Gasteiger partial charge in [-0.15, -0.1) is 0 Å². The van der Waals surface area contributed by atoms with Gasteiger partial charge in [0.05, 0.1) is 12.0 Å². The van der Waals surface area contributed by atoms with Crippen molar-refractivity contribution in [1.29, 1.82) is 0 Å². The molecule has 86 valence electrons. The summed E-state index contributed by atoms with van der Waals surface area (Å²) in [6, 6.07) is 3.14. The van der Waals surface area contributed by atoms with Gasteiger partial charge in [0.15, 0.2) is 0 Å². The lowest BCUT2D eigenvalue weighted by Gasteiger charge is -2.09. The highest BCUT2D eigenvalue weighted by Crippen LogP contribution is 2.26. The molecular formula is C10H11NO4S. The Bertz CT molecular complexity index is 533. The average Bonchev–Trinajstić information content (AvgIpc) is 2.15. The molecule has 0 aliphatic carbocycles. The van der Waals surface area contributed by atoms with Crippen LogP contribution in [0.25, 0.3) is 0 Å². The van der Waals surface area contributed by atoms with E-state index in [0.717, 1.165) is 6.08 Å². The van der Waals surface area contributed by atoms with E-state index in [-0.39, 0.29) is 4.90 Å². The Kier molecular flexibility index (Phi) is 3.47. The minimum Gasteiger partial charge on any atom is -0.497 e. The SMILES string of the molecule is COc1cc(C)c(S(=O)(=O)N=C=O)c(C)c1. The molecule has 0 spiro atoms. The molecule has 0 fully saturated rings. The standard InChI is InChI=1S/C10H11NO4S/c1-7-4-9(15-3)5-8(2)10(7)16(13,14)11-6-12/h4-5H,1-3H3. The molecule has 0 N–H and O–H groups in total. The second-order valence-electron chi connectivity index (χ2n) is 3.25. The zero-order valence-corrected chi connectivity index (χ0v) is 9.96. The van der Waals surface area contributed by atoms with Gasteiger partial charge in [0, 0.05) is 0 Å². The van der Waals surface area contributed by atoms with Crippen molar-refractivity contribution in [3.63, 3.8) is 0 Å². The van der Waals surface area contributed by atoms with Crippen LogP contribution >= 0.6 is 0 Å². The van der Waals surface area contributed by atoms with Gasteiger partial charge in [-0.05, 0) is 37.1 Å². The number of benzene rings is 1. The van der Waals surface area contributed by atoms with Gasteiger partial charge in [0.2, 0.25) is 0 Å². The Labute approximate surface area is 93.8 Å². The van der Waals surface area contributed by atoms with Crippen LogP contribution in [0.4, 0.5) is 0 Å². The third-order valence-corrected chi connectivity index (χ3v) is 3.56. The Morgan fingerprint density at radius 3 is 2.12 bits per heavy atom. The molecule has 0 amide bonds. The van der Waals surface area contributed by atoms with E-state index in [1.54, 1.807) is 26.0 Å². The fourth-order valence-electron chi connectivity index (χ4n) is 1.53. The number of ether oxygens (including phenoxy) is 1. The summed E-state index contributed by atoms with van der Waals surface area (Å²) in [4.78, 5) is 10.1. The smallest absolute Gasteiger partial charge is 0.293 e. The van der Waals surface area contributed by atoms with Gasteiger partial charge in [-0.3, -0.25) is 0 Å². The van der Waals surface area contributed by atoms with Crippen LogP contribution in [-0.2, 0) is 14.8 Å². The number of aryl methyl sites for hydroxylation is 2. The number of methoxy groups -OCH3 is 1. The number of nitrogens with zero attached hydrogens (tertiary/aromatic N) is 1. The highest BCUT2D eigenvalue weighted by atomic mass is 32.2. The van der Waals surface area contributed by atoms with Crippen molar-refractivity contribution >= 4 is 16.1 Å². The van der Waals surface area contributed by atoms with E-state index in [2.05, 4.69) is 4.40 Å². The third-order valence-electron chi connectivity index (χ3n) is 2.08. The van der Waals surface area contributed by atoms with Crippen LogP contribution in [0.3, 0.4) is 0 Å². The van der Waals surface area contributed by atoms with Gasteiger partial charge in [0.25, 0.3) is 16.1 Å². The lowest BCUT2D eigenvalue weighted by molar-refractivity contribution is 0.413. The Morgan fingerprint density at radius 2 is 1.75 bits per heavy atom. The highest BCUT2D eigenvalue weighted by molar-refractivity contribution is 7.90. The van der Waals surface area contributed by atoms with Crippen LogP contribution in [0.5, 0.6) is 5.75 Å². The Hall–Kier alpha value is -1.65. The van der Waals surface area contributed by atoms with E-state index < -0.39 is 10.0 Å². The van der Waals surface area contributed by atoms with E-state index in [1.165, 1.54) is 7.11 Å². The van der Waals surface area contributed by atoms with Gasteiger partial charge in [0.1, 0.15) is 5.75 Å². The van der Waals surface area contributed by atoms with Crippen molar-refractivity contribution in [3.8, 4) is 5.75 Å². The zero-order chi connectivity index (χ0) is 12.3. The highest BCUT2D eigenvalue weighted by Gasteiger charge is 2.19. The number of rotatable bonds is 3. The lowest BCUT2D eigenvalue weighted by Crippen LogP contribution is -2.03. The predicted octanol–water partition coefficient (Wildman–Crippen LogP) is 1.34. The molecule has 0 aliphatic rings. The van der Waals surface area contributed by atoms with E-state index in [9.17, 15) is 13.2 Å². The minimum atomic E-state index is -3.95. The molecule has 16 heavy (non-hydrogen) atoms. The molecule has 5 nitrogen and oxygen atoms in total. The predicted molar refractivity (Wildman–Crippen MR) is 57.8 cm³/mol. The quantitative estimate of drug-likeness (QED) is 0.591. The van der Waals surface area contributed by atoms with E-state index in [1.807, 2.05) is 0 Å². The molecule has 1 aromatic rings. The zero-order valence-electron chi connectivity index (χ0n) is 9.14. The first-order valence-corrected chi connectivity index (χ1v) is 5.85. The second kappa shape index (κ2) is 4.47. The van der Waals surface area contributed by atoms with E-state index in [0.29, 0.717) is 16.9 Å². The number of carbonyl (C=O) groups excluding carboxylic acids is 1. The molecule has 0 saturated carbocycles. The maximum absolute atomic E-state index is 11.6. The van der Waals surface area contributed by atoms with Gasteiger partial charge in [-0.25, -0.2) is 4.79 Å². The molecule has 6 heteroatoms. The summed E-state index contributed by atoms with van der Waals surface area (Å²) in [5.41, 5.74) is 0.965. The third kappa shape index (κ3) is 2.29. The summed E-state index contributed by atoms with van der Waals surface area (Å²) in [5.74, 6) is 0.559. The van der Waals surface area contributed by atoms with Crippen molar-refractivity contribution in [2.75, 3.05) is 7.11 Å². The maximum atomic E-state index is 11.6. The van der Waals surface area contributed by atoms with Crippen molar-refractivity contribution in [2.45, 2.75) is 18.7 Å². The van der Waals surface area contributed by atoms with Crippen LogP contribution in [0.1, 0.15) is 11.1 Å². The molecule has 0 aromatic heterocycles. The molecule has 0 heterocycles.